The Labute approximate surface area is 115 Å². The number of fused-ring (bicyclic) bond motifs is 1. The topological polar surface area (TPSA) is 47.8 Å². The molecule has 102 valence electrons. The summed E-state index contributed by atoms with van der Waals surface area (Å²) in [6.07, 6.45) is 1.01. The molecule has 1 aliphatic heterocycles. The van der Waals surface area contributed by atoms with Gasteiger partial charge in [-0.25, -0.2) is 14.1 Å². The summed E-state index contributed by atoms with van der Waals surface area (Å²) in [6.45, 7) is 0. The predicted molar refractivity (Wildman–Crippen MR) is 70.1 cm³/mol. The summed E-state index contributed by atoms with van der Waals surface area (Å²) in [4.78, 5) is 16.1. The van der Waals surface area contributed by atoms with Crippen LogP contribution < -0.4 is 0 Å². The minimum Gasteiger partial charge on any atom is -0.290 e. The van der Waals surface area contributed by atoms with Crippen molar-refractivity contribution in [1.82, 2.24) is 14.8 Å². The Morgan fingerprint density at radius 1 is 1.25 bits per heavy atom. The molecule has 2 heterocycles. The van der Waals surface area contributed by atoms with Gasteiger partial charge in [-0.15, -0.1) is 5.10 Å². The van der Waals surface area contributed by atoms with Crippen molar-refractivity contribution in [3.63, 3.8) is 0 Å². The first kappa shape index (κ1) is 11.8. The first-order chi connectivity index (χ1) is 9.74. The Hall–Kier alpha value is -2.04. The number of hydrogen-bond acceptors (Lipinski definition) is 3. The van der Waals surface area contributed by atoms with Crippen molar-refractivity contribution >= 4 is 5.78 Å². The van der Waals surface area contributed by atoms with Gasteiger partial charge in [-0.2, -0.15) is 0 Å². The van der Waals surface area contributed by atoms with Crippen molar-refractivity contribution in [2.24, 2.45) is 5.92 Å². The number of carbonyl (C=O) groups is 1. The molecule has 4 rings (SSSR count). The standard InChI is InChI=1S/C15H14FN3O/c16-11-8-12(9-4-2-1-3-5-9)19-15(11)17-14(18-19)13(20)10-6-7-10/h1-5,10-12H,6-8H2/t11-,12-/m1/s1. The molecule has 0 unspecified atom stereocenters. The first-order valence-electron chi connectivity index (χ1n) is 6.93. The number of halogens is 1. The van der Waals surface area contributed by atoms with Gasteiger partial charge in [-0.05, 0) is 18.4 Å². The van der Waals surface area contributed by atoms with Crippen LogP contribution in [-0.2, 0) is 0 Å². The van der Waals surface area contributed by atoms with Gasteiger partial charge in [0, 0.05) is 12.3 Å². The quantitative estimate of drug-likeness (QED) is 0.806. The lowest BCUT2D eigenvalue weighted by Crippen LogP contribution is -2.10. The fourth-order valence-corrected chi connectivity index (χ4v) is 2.76. The summed E-state index contributed by atoms with van der Waals surface area (Å²) in [5.41, 5.74) is 1.00. The molecule has 1 aliphatic carbocycles. The molecule has 0 saturated heterocycles. The van der Waals surface area contributed by atoms with Crippen LogP contribution in [0.5, 0.6) is 0 Å². The molecular weight excluding hydrogens is 257 g/mol. The highest BCUT2D eigenvalue weighted by molar-refractivity contribution is 5.95. The van der Waals surface area contributed by atoms with Gasteiger partial charge < -0.3 is 0 Å². The number of rotatable bonds is 3. The van der Waals surface area contributed by atoms with E-state index < -0.39 is 6.17 Å². The molecule has 1 fully saturated rings. The summed E-state index contributed by atoms with van der Waals surface area (Å²) in [5, 5.41) is 4.28. The number of hydrogen-bond donors (Lipinski definition) is 0. The third-order valence-corrected chi connectivity index (χ3v) is 4.02. The maximum Gasteiger partial charge on any atom is 0.217 e. The number of benzene rings is 1. The van der Waals surface area contributed by atoms with Gasteiger partial charge in [0.25, 0.3) is 0 Å². The molecule has 0 spiro atoms. The predicted octanol–water partition coefficient (Wildman–Crippen LogP) is 2.87. The first-order valence-corrected chi connectivity index (χ1v) is 6.93. The van der Waals surface area contributed by atoms with Crippen LogP contribution in [0.4, 0.5) is 4.39 Å². The number of Topliss-reactive ketones (excluding diaryl/α,β-unsaturated/α-hetero) is 1. The van der Waals surface area contributed by atoms with Crippen molar-refractivity contribution in [2.45, 2.75) is 31.5 Å². The molecule has 1 saturated carbocycles. The van der Waals surface area contributed by atoms with Gasteiger partial charge in [0.15, 0.2) is 12.0 Å². The van der Waals surface area contributed by atoms with E-state index in [2.05, 4.69) is 10.1 Å². The van der Waals surface area contributed by atoms with Crippen LogP contribution in [0.3, 0.4) is 0 Å². The average Bonchev–Trinajstić information content (AvgIpc) is 3.15. The fourth-order valence-electron chi connectivity index (χ4n) is 2.76. The van der Waals surface area contributed by atoms with Gasteiger partial charge in [-0.1, -0.05) is 30.3 Å². The minimum atomic E-state index is -1.14. The molecule has 0 amide bonds. The van der Waals surface area contributed by atoms with Crippen LogP contribution in [0.2, 0.25) is 0 Å². The van der Waals surface area contributed by atoms with E-state index in [1.165, 1.54) is 0 Å². The van der Waals surface area contributed by atoms with E-state index in [9.17, 15) is 9.18 Å². The smallest absolute Gasteiger partial charge is 0.217 e. The molecule has 0 bridgehead atoms. The lowest BCUT2D eigenvalue weighted by molar-refractivity contribution is 0.0956. The monoisotopic (exact) mass is 271 g/mol. The van der Waals surface area contributed by atoms with E-state index in [1.807, 2.05) is 30.3 Å². The molecule has 5 heteroatoms. The number of ketones is 1. The molecule has 0 N–H and O–H groups in total. The summed E-state index contributed by atoms with van der Waals surface area (Å²) >= 11 is 0. The van der Waals surface area contributed by atoms with Crippen molar-refractivity contribution < 1.29 is 9.18 Å². The Bertz CT molecular complexity index is 663. The Morgan fingerprint density at radius 3 is 2.70 bits per heavy atom. The minimum absolute atomic E-state index is 0.0362. The van der Waals surface area contributed by atoms with Crippen LogP contribution in [0.25, 0.3) is 0 Å². The van der Waals surface area contributed by atoms with E-state index in [0.717, 1.165) is 18.4 Å². The van der Waals surface area contributed by atoms with Crippen LogP contribution in [0.1, 0.15) is 53.5 Å². The highest BCUT2D eigenvalue weighted by atomic mass is 19.1. The van der Waals surface area contributed by atoms with Crippen LogP contribution in [-0.4, -0.2) is 20.5 Å². The molecule has 2 atom stereocenters. The lowest BCUT2D eigenvalue weighted by Gasteiger charge is -2.11. The van der Waals surface area contributed by atoms with Crippen molar-refractivity contribution in [3.05, 3.63) is 47.5 Å². The fraction of sp³-hybridized carbons (Fsp3) is 0.400. The van der Waals surface area contributed by atoms with E-state index in [0.29, 0.717) is 12.2 Å². The summed E-state index contributed by atoms with van der Waals surface area (Å²) in [5.74, 6) is 0.505. The molecule has 2 aliphatic rings. The zero-order chi connectivity index (χ0) is 13.7. The zero-order valence-electron chi connectivity index (χ0n) is 10.9. The molecule has 2 aromatic rings. The highest BCUT2D eigenvalue weighted by Gasteiger charge is 2.39. The number of alkyl halides is 1. The summed E-state index contributed by atoms with van der Waals surface area (Å²) in [6, 6.07) is 9.53. The Morgan fingerprint density at radius 2 is 2.00 bits per heavy atom. The third kappa shape index (κ3) is 1.77. The second-order valence-corrected chi connectivity index (χ2v) is 5.51. The highest BCUT2D eigenvalue weighted by Crippen LogP contribution is 2.40. The molecule has 1 aromatic carbocycles. The normalized spacial score (nSPS) is 24.6. The molecule has 4 nitrogen and oxygen atoms in total. The second-order valence-electron chi connectivity index (χ2n) is 5.51. The van der Waals surface area contributed by atoms with Crippen LogP contribution >= 0.6 is 0 Å². The summed E-state index contributed by atoms with van der Waals surface area (Å²) < 4.78 is 15.7. The van der Waals surface area contributed by atoms with Gasteiger partial charge in [0.2, 0.25) is 11.6 Å². The van der Waals surface area contributed by atoms with Gasteiger partial charge in [0.1, 0.15) is 0 Å². The van der Waals surface area contributed by atoms with Crippen molar-refractivity contribution in [3.8, 4) is 0 Å². The Balaban J connectivity index is 1.72. The maximum absolute atomic E-state index is 14.1. The van der Waals surface area contributed by atoms with Crippen molar-refractivity contribution in [1.29, 1.82) is 0 Å². The third-order valence-electron chi connectivity index (χ3n) is 4.02. The zero-order valence-corrected chi connectivity index (χ0v) is 10.9. The van der Waals surface area contributed by atoms with E-state index in [1.54, 1.807) is 4.68 Å². The molecular formula is C15H14FN3O. The number of nitrogens with zero attached hydrogens (tertiary/aromatic N) is 3. The average molecular weight is 271 g/mol. The number of carbonyl (C=O) groups excluding carboxylic acids is 1. The summed E-state index contributed by atoms with van der Waals surface area (Å²) in [7, 11) is 0. The molecule has 0 radical (unpaired) electrons. The molecule has 20 heavy (non-hydrogen) atoms. The largest absolute Gasteiger partial charge is 0.290 e. The van der Waals surface area contributed by atoms with Gasteiger partial charge >= 0.3 is 0 Å². The van der Waals surface area contributed by atoms with Crippen LogP contribution in [0, 0.1) is 5.92 Å². The van der Waals surface area contributed by atoms with E-state index in [4.69, 9.17) is 0 Å². The lowest BCUT2D eigenvalue weighted by atomic mass is 10.0. The van der Waals surface area contributed by atoms with E-state index >= 15 is 0 Å². The van der Waals surface area contributed by atoms with Gasteiger partial charge in [-0.3, -0.25) is 4.79 Å². The van der Waals surface area contributed by atoms with Crippen LogP contribution in [0.15, 0.2) is 30.3 Å². The second kappa shape index (κ2) is 4.23. The SMILES string of the molecule is O=C(c1nc2n(n1)[C@@H](c1ccccc1)C[C@H]2F)C1CC1. The van der Waals surface area contributed by atoms with Crippen molar-refractivity contribution in [2.75, 3.05) is 0 Å². The number of aromatic nitrogens is 3. The Kier molecular flexibility index (Phi) is 2.49. The van der Waals surface area contributed by atoms with E-state index in [-0.39, 0.29) is 23.6 Å². The maximum atomic E-state index is 14.1. The molecule has 1 aromatic heterocycles. The van der Waals surface area contributed by atoms with Gasteiger partial charge in [0.05, 0.1) is 6.04 Å².